The van der Waals surface area contributed by atoms with Gasteiger partial charge in [0.2, 0.25) is 0 Å². The summed E-state index contributed by atoms with van der Waals surface area (Å²) in [6, 6.07) is 0. The lowest BCUT2D eigenvalue weighted by Gasteiger charge is -2.53. The summed E-state index contributed by atoms with van der Waals surface area (Å²) in [5.41, 5.74) is 9.75. The van der Waals surface area contributed by atoms with Crippen molar-refractivity contribution >= 4 is 0 Å². The smallest absolute Gasteiger partial charge is 0.0867 e. The SMILES string of the molecule is CN1C2=C/C=C\C=C/C(N)=C\2CCC12COC2. The highest BCUT2D eigenvalue weighted by Crippen LogP contribution is 2.41. The van der Waals surface area contributed by atoms with Crippen molar-refractivity contribution < 1.29 is 4.74 Å². The quantitative estimate of drug-likeness (QED) is 0.688. The Morgan fingerprint density at radius 1 is 1.29 bits per heavy atom. The Bertz CT molecular complexity index is 453. The van der Waals surface area contributed by atoms with Crippen LogP contribution in [0, 0.1) is 0 Å². The minimum absolute atomic E-state index is 0.215. The van der Waals surface area contributed by atoms with Gasteiger partial charge in [-0.2, -0.15) is 0 Å². The minimum Gasteiger partial charge on any atom is -0.398 e. The maximum absolute atomic E-state index is 6.13. The van der Waals surface area contributed by atoms with E-state index in [0.29, 0.717) is 0 Å². The number of ether oxygens (including phenoxy) is 1. The van der Waals surface area contributed by atoms with Crippen LogP contribution in [0.25, 0.3) is 0 Å². The minimum atomic E-state index is 0.215. The Morgan fingerprint density at radius 3 is 2.82 bits per heavy atom. The molecule has 0 unspecified atom stereocenters. The van der Waals surface area contributed by atoms with Crippen LogP contribution in [0.15, 0.2) is 47.3 Å². The van der Waals surface area contributed by atoms with Crippen molar-refractivity contribution in [1.29, 1.82) is 0 Å². The summed E-state index contributed by atoms with van der Waals surface area (Å²) < 4.78 is 5.40. The molecule has 0 bridgehead atoms. The maximum Gasteiger partial charge on any atom is 0.0867 e. The number of allylic oxidation sites excluding steroid dienone is 6. The number of hydrogen-bond donors (Lipinski definition) is 1. The van der Waals surface area contributed by atoms with Crippen molar-refractivity contribution in [2.45, 2.75) is 18.4 Å². The van der Waals surface area contributed by atoms with Gasteiger partial charge in [-0.15, -0.1) is 0 Å². The van der Waals surface area contributed by atoms with E-state index in [1.165, 1.54) is 11.3 Å². The summed E-state index contributed by atoms with van der Waals surface area (Å²) >= 11 is 0. The van der Waals surface area contributed by atoms with E-state index in [9.17, 15) is 0 Å². The highest BCUT2D eigenvalue weighted by atomic mass is 16.5. The van der Waals surface area contributed by atoms with Crippen LogP contribution >= 0.6 is 0 Å². The van der Waals surface area contributed by atoms with E-state index < -0.39 is 0 Å². The second-order valence-electron chi connectivity index (χ2n) is 5.01. The van der Waals surface area contributed by atoms with Gasteiger partial charge >= 0.3 is 0 Å². The van der Waals surface area contributed by atoms with Crippen molar-refractivity contribution in [2.24, 2.45) is 5.73 Å². The molecule has 0 aromatic heterocycles. The summed E-state index contributed by atoms with van der Waals surface area (Å²) in [6.07, 6.45) is 12.4. The second kappa shape index (κ2) is 3.77. The van der Waals surface area contributed by atoms with E-state index in [1.54, 1.807) is 0 Å². The molecule has 1 spiro atoms. The van der Waals surface area contributed by atoms with Crippen LogP contribution in [0.1, 0.15) is 12.8 Å². The topological polar surface area (TPSA) is 38.5 Å². The molecule has 0 radical (unpaired) electrons. The molecule has 2 N–H and O–H groups in total. The molecule has 0 aromatic carbocycles. The van der Waals surface area contributed by atoms with Crippen molar-refractivity contribution in [3.05, 3.63) is 47.3 Å². The molecule has 90 valence electrons. The first kappa shape index (κ1) is 10.7. The molecule has 2 aliphatic heterocycles. The van der Waals surface area contributed by atoms with Crippen LogP contribution in [-0.4, -0.2) is 30.7 Å². The van der Waals surface area contributed by atoms with E-state index >= 15 is 0 Å². The van der Waals surface area contributed by atoms with Gasteiger partial charge in [0.15, 0.2) is 0 Å². The van der Waals surface area contributed by atoms with Gasteiger partial charge in [-0.05, 0) is 30.6 Å². The van der Waals surface area contributed by atoms with Gasteiger partial charge in [0, 0.05) is 18.4 Å². The van der Waals surface area contributed by atoms with E-state index in [-0.39, 0.29) is 5.54 Å². The number of rotatable bonds is 0. The lowest BCUT2D eigenvalue weighted by atomic mass is 9.81. The number of likely N-dealkylation sites (N-methyl/N-ethyl adjacent to an activating group) is 1. The highest BCUT2D eigenvalue weighted by molar-refractivity contribution is 5.45. The van der Waals surface area contributed by atoms with Gasteiger partial charge in [0.25, 0.3) is 0 Å². The number of likely N-dealkylation sites (tertiary alicyclic amines) is 1. The number of hydrogen-bond acceptors (Lipinski definition) is 3. The summed E-state index contributed by atoms with van der Waals surface area (Å²) in [5.74, 6) is 0. The molecule has 3 aliphatic rings. The average Bonchev–Trinajstić information content (AvgIpc) is 2.25. The Hall–Kier alpha value is -1.48. The first-order chi connectivity index (χ1) is 8.23. The van der Waals surface area contributed by atoms with Crippen molar-refractivity contribution in [3.63, 3.8) is 0 Å². The molecule has 0 saturated carbocycles. The summed E-state index contributed by atoms with van der Waals surface area (Å²) in [5, 5.41) is 0. The van der Waals surface area contributed by atoms with Crippen LogP contribution in [0.2, 0.25) is 0 Å². The van der Waals surface area contributed by atoms with Crippen LogP contribution in [-0.2, 0) is 4.74 Å². The summed E-state index contributed by atoms with van der Waals surface area (Å²) in [4.78, 5) is 2.35. The maximum atomic E-state index is 6.13. The zero-order valence-corrected chi connectivity index (χ0v) is 10.1. The van der Waals surface area contributed by atoms with Gasteiger partial charge < -0.3 is 15.4 Å². The monoisotopic (exact) mass is 230 g/mol. The fraction of sp³-hybridized carbons (Fsp3) is 0.429. The molecular weight excluding hydrogens is 212 g/mol. The van der Waals surface area contributed by atoms with Gasteiger partial charge in [-0.25, -0.2) is 0 Å². The van der Waals surface area contributed by atoms with E-state index in [0.717, 1.165) is 31.8 Å². The molecule has 1 aliphatic carbocycles. The largest absolute Gasteiger partial charge is 0.398 e. The van der Waals surface area contributed by atoms with E-state index in [1.807, 2.05) is 18.2 Å². The third kappa shape index (κ3) is 1.53. The molecule has 2 heterocycles. The summed E-state index contributed by atoms with van der Waals surface area (Å²) in [6.45, 7) is 1.68. The zero-order valence-electron chi connectivity index (χ0n) is 10.1. The van der Waals surface area contributed by atoms with Crippen molar-refractivity contribution in [2.75, 3.05) is 20.3 Å². The lowest BCUT2D eigenvalue weighted by molar-refractivity contribution is -0.129. The fourth-order valence-corrected chi connectivity index (χ4v) is 2.76. The zero-order chi connectivity index (χ0) is 11.9. The first-order valence-corrected chi connectivity index (χ1v) is 6.09. The number of piperidine rings is 1. The molecule has 3 nitrogen and oxygen atoms in total. The van der Waals surface area contributed by atoms with Crippen molar-refractivity contribution in [3.8, 4) is 0 Å². The van der Waals surface area contributed by atoms with Gasteiger partial charge in [0.05, 0.1) is 18.8 Å². The van der Waals surface area contributed by atoms with Crippen LogP contribution in [0.3, 0.4) is 0 Å². The Balaban J connectivity index is 2.02. The molecule has 2 fully saturated rings. The Morgan fingerprint density at radius 2 is 2.12 bits per heavy atom. The van der Waals surface area contributed by atoms with E-state index in [2.05, 4.69) is 24.1 Å². The second-order valence-corrected chi connectivity index (χ2v) is 5.01. The molecule has 0 atom stereocenters. The predicted octanol–water partition coefficient (Wildman–Crippen LogP) is 1.70. The average molecular weight is 230 g/mol. The third-order valence-electron chi connectivity index (χ3n) is 4.06. The lowest BCUT2D eigenvalue weighted by Crippen LogP contribution is -2.62. The highest BCUT2D eigenvalue weighted by Gasteiger charge is 2.46. The molecule has 2 saturated heterocycles. The molecule has 17 heavy (non-hydrogen) atoms. The predicted molar refractivity (Wildman–Crippen MR) is 68.1 cm³/mol. The normalized spacial score (nSPS) is 37.2. The van der Waals surface area contributed by atoms with Gasteiger partial charge in [-0.3, -0.25) is 0 Å². The number of nitrogens with two attached hydrogens (primary N) is 1. The van der Waals surface area contributed by atoms with Crippen LogP contribution in [0.4, 0.5) is 0 Å². The molecule has 0 aromatic rings. The third-order valence-corrected chi connectivity index (χ3v) is 4.06. The van der Waals surface area contributed by atoms with Crippen LogP contribution in [0.5, 0.6) is 0 Å². The summed E-state index contributed by atoms with van der Waals surface area (Å²) in [7, 11) is 2.15. The molecule has 0 amide bonds. The number of fused-ring (bicyclic) bond motifs is 1. The van der Waals surface area contributed by atoms with E-state index in [4.69, 9.17) is 10.5 Å². The first-order valence-electron chi connectivity index (χ1n) is 6.09. The standard InChI is InChI=1S/C14H18N2O/c1-16-13-6-4-2-3-5-12(15)11(13)7-8-14(16)9-17-10-14/h2-6H,7-10,15H2,1H3/b3-2?,4-2-,5-3-,6-4?,12-5?,12-11+,13-6+. The van der Waals surface area contributed by atoms with Gasteiger partial charge in [-0.1, -0.05) is 18.2 Å². The van der Waals surface area contributed by atoms with Gasteiger partial charge in [0.1, 0.15) is 0 Å². The molecule has 3 heteroatoms. The molecule has 3 rings (SSSR count). The Kier molecular flexibility index (Phi) is 2.37. The Labute approximate surface area is 102 Å². The fourth-order valence-electron chi connectivity index (χ4n) is 2.76. The van der Waals surface area contributed by atoms with Crippen LogP contribution < -0.4 is 5.73 Å². The van der Waals surface area contributed by atoms with Crippen molar-refractivity contribution in [1.82, 2.24) is 4.90 Å². The molecular formula is C14H18N2O. The number of nitrogens with zero attached hydrogens (tertiary/aromatic N) is 1.